The Morgan fingerprint density at radius 2 is 1.59 bits per heavy atom. The second-order valence-electron chi connectivity index (χ2n) is 9.01. The number of amides is 2. The molecule has 0 spiro atoms. The zero-order valence-corrected chi connectivity index (χ0v) is 20.6. The maximum absolute atomic E-state index is 12.4. The maximum atomic E-state index is 12.4. The smallest absolute Gasteiger partial charge is 0.319 e. The molecule has 7 heteroatoms. The molecule has 0 heterocycles. The lowest BCUT2D eigenvalue weighted by atomic mass is 9.87. The van der Waals surface area contributed by atoms with Gasteiger partial charge in [0.1, 0.15) is 0 Å². The summed E-state index contributed by atoms with van der Waals surface area (Å²) in [6, 6.07) is 22.0. The number of carbonyl (C=O) groups excluding carboxylic acids is 1. The first-order valence-corrected chi connectivity index (χ1v) is 12.7. The minimum Gasteiger partial charge on any atom is -0.334 e. The van der Waals surface area contributed by atoms with Crippen LogP contribution in [0.2, 0.25) is 0 Å². The van der Waals surface area contributed by atoms with E-state index in [0.29, 0.717) is 16.9 Å². The van der Waals surface area contributed by atoms with Crippen LogP contribution in [0.4, 0.5) is 16.2 Å². The van der Waals surface area contributed by atoms with Gasteiger partial charge in [-0.25, -0.2) is 13.2 Å². The fourth-order valence-corrected chi connectivity index (χ4v) is 3.74. The number of hydrogen-bond donors (Lipinski definition) is 3. The Morgan fingerprint density at radius 1 is 0.912 bits per heavy atom. The Bertz CT molecular complexity index is 1320. The van der Waals surface area contributed by atoms with Crippen LogP contribution in [0.3, 0.4) is 0 Å². The summed E-state index contributed by atoms with van der Waals surface area (Å²) in [5.74, 6) is 6.07. The number of nitrogens with one attached hydrogen (secondary N) is 3. The lowest BCUT2D eigenvalue weighted by Crippen LogP contribution is -2.28. The standard InChI is InChI=1S/C27H29N3O3S/c1-27(2,3)23-13-15-24(16-14-23)29-26(31)28-19-21-11-17-25(30-34(4,32)33)22(18-21)12-10-20-8-6-5-7-9-20/h5-9,11,13-18,30H,19H2,1-4H3,(H2,28,29,31). The van der Waals surface area contributed by atoms with E-state index < -0.39 is 10.0 Å². The average Bonchev–Trinajstić information content (AvgIpc) is 2.77. The summed E-state index contributed by atoms with van der Waals surface area (Å²) in [5, 5.41) is 5.65. The van der Waals surface area contributed by atoms with Gasteiger partial charge in [0, 0.05) is 23.4 Å². The number of rotatable bonds is 5. The van der Waals surface area contributed by atoms with E-state index in [0.717, 1.165) is 17.4 Å². The number of sulfonamides is 1. The molecule has 3 aromatic rings. The van der Waals surface area contributed by atoms with Gasteiger partial charge in [-0.05, 0) is 52.9 Å². The van der Waals surface area contributed by atoms with Crippen molar-refractivity contribution in [1.29, 1.82) is 0 Å². The molecule has 3 N–H and O–H groups in total. The third kappa shape index (κ3) is 7.68. The molecule has 0 aliphatic carbocycles. The fourth-order valence-electron chi connectivity index (χ4n) is 3.17. The van der Waals surface area contributed by atoms with E-state index in [1.165, 1.54) is 5.56 Å². The molecule has 0 atom stereocenters. The normalized spacial score (nSPS) is 11.2. The summed E-state index contributed by atoms with van der Waals surface area (Å²) in [6.45, 7) is 6.66. The van der Waals surface area contributed by atoms with E-state index >= 15 is 0 Å². The van der Waals surface area contributed by atoms with Gasteiger partial charge in [0.25, 0.3) is 0 Å². The van der Waals surface area contributed by atoms with Gasteiger partial charge in [-0.2, -0.15) is 0 Å². The molecule has 6 nitrogen and oxygen atoms in total. The van der Waals surface area contributed by atoms with Crippen LogP contribution in [0.1, 0.15) is 43.0 Å². The molecule has 176 valence electrons. The lowest BCUT2D eigenvalue weighted by Gasteiger charge is -2.19. The number of hydrogen-bond acceptors (Lipinski definition) is 3. The number of urea groups is 1. The molecule has 34 heavy (non-hydrogen) atoms. The van der Waals surface area contributed by atoms with Gasteiger partial charge in [0.15, 0.2) is 0 Å². The molecule has 0 aliphatic heterocycles. The monoisotopic (exact) mass is 475 g/mol. The van der Waals surface area contributed by atoms with Crippen LogP contribution in [0.15, 0.2) is 72.8 Å². The van der Waals surface area contributed by atoms with Crippen LogP contribution in [-0.4, -0.2) is 20.7 Å². The lowest BCUT2D eigenvalue weighted by molar-refractivity contribution is 0.251. The number of carbonyl (C=O) groups is 1. The molecule has 0 bridgehead atoms. The highest BCUT2D eigenvalue weighted by Crippen LogP contribution is 2.23. The van der Waals surface area contributed by atoms with Crippen molar-refractivity contribution in [3.63, 3.8) is 0 Å². The van der Waals surface area contributed by atoms with E-state index in [4.69, 9.17) is 0 Å². The Labute approximate surface area is 201 Å². The summed E-state index contributed by atoms with van der Waals surface area (Å²) in [6.07, 6.45) is 1.09. The second-order valence-corrected chi connectivity index (χ2v) is 10.8. The summed E-state index contributed by atoms with van der Waals surface area (Å²) in [5.41, 5.74) is 4.44. The first-order valence-electron chi connectivity index (χ1n) is 10.8. The highest BCUT2D eigenvalue weighted by molar-refractivity contribution is 7.92. The Hall–Kier alpha value is -3.76. The van der Waals surface area contributed by atoms with Gasteiger partial charge in [-0.1, -0.05) is 69.0 Å². The molecular formula is C27H29N3O3S. The van der Waals surface area contributed by atoms with Gasteiger partial charge < -0.3 is 10.6 Å². The third-order valence-corrected chi connectivity index (χ3v) is 5.55. The summed E-state index contributed by atoms with van der Waals surface area (Å²) >= 11 is 0. The fraction of sp³-hybridized carbons (Fsp3) is 0.222. The van der Waals surface area contributed by atoms with Gasteiger partial charge in [0.05, 0.1) is 11.9 Å². The van der Waals surface area contributed by atoms with Crippen LogP contribution in [0.25, 0.3) is 0 Å². The van der Waals surface area contributed by atoms with E-state index in [1.807, 2.05) is 54.6 Å². The van der Waals surface area contributed by atoms with Crippen molar-refractivity contribution in [1.82, 2.24) is 5.32 Å². The molecule has 2 amide bonds. The highest BCUT2D eigenvalue weighted by Gasteiger charge is 2.13. The van der Waals surface area contributed by atoms with Crippen LogP contribution < -0.4 is 15.4 Å². The molecule has 3 aromatic carbocycles. The first-order chi connectivity index (χ1) is 16.0. The van der Waals surface area contributed by atoms with Crippen molar-refractivity contribution in [3.8, 4) is 11.8 Å². The van der Waals surface area contributed by atoms with Crippen molar-refractivity contribution in [2.45, 2.75) is 32.7 Å². The highest BCUT2D eigenvalue weighted by atomic mass is 32.2. The van der Waals surface area contributed by atoms with Gasteiger partial charge >= 0.3 is 6.03 Å². The van der Waals surface area contributed by atoms with E-state index in [2.05, 4.69) is 48.0 Å². The second kappa shape index (κ2) is 10.4. The van der Waals surface area contributed by atoms with Crippen molar-refractivity contribution < 1.29 is 13.2 Å². The molecule has 3 rings (SSSR count). The number of benzene rings is 3. The SMILES string of the molecule is CC(C)(C)c1ccc(NC(=O)NCc2ccc(NS(C)(=O)=O)c(C#Cc3ccccc3)c2)cc1. The predicted molar refractivity (Wildman–Crippen MR) is 138 cm³/mol. The molecule has 0 aliphatic rings. The quantitative estimate of drug-likeness (QED) is 0.450. The molecule has 0 fully saturated rings. The molecule has 0 aromatic heterocycles. The van der Waals surface area contributed by atoms with Crippen LogP contribution in [0, 0.1) is 11.8 Å². The summed E-state index contributed by atoms with van der Waals surface area (Å²) < 4.78 is 26.0. The molecule has 0 saturated carbocycles. The zero-order chi connectivity index (χ0) is 24.8. The Balaban J connectivity index is 1.71. The Morgan fingerprint density at radius 3 is 2.21 bits per heavy atom. The number of anilines is 2. The van der Waals surface area contributed by atoms with Crippen molar-refractivity contribution in [2.75, 3.05) is 16.3 Å². The minimum absolute atomic E-state index is 0.0417. The summed E-state index contributed by atoms with van der Waals surface area (Å²) in [7, 11) is -3.47. The van der Waals surface area contributed by atoms with Crippen LogP contribution in [-0.2, 0) is 22.0 Å². The van der Waals surface area contributed by atoms with Crippen LogP contribution in [0.5, 0.6) is 0 Å². The molecular weight excluding hydrogens is 446 g/mol. The third-order valence-electron chi connectivity index (χ3n) is 4.96. The molecule has 0 radical (unpaired) electrons. The van der Waals surface area contributed by atoms with E-state index in [9.17, 15) is 13.2 Å². The van der Waals surface area contributed by atoms with Gasteiger partial charge in [-0.3, -0.25) is 4.72 Å². The average molecular weight is 476 g/mol. The van der Waals surface area contributed by atoms with E-state index in [1.54, 1.807) is 18.2 Å². The predicted octanol–water partition coefficient (Wildman–Crippen LogP) is 5.08. The first kappa shape index (κ1) is 24.9. The molecule has 0 saturated heterocycles. The minimum atomic E-state index is -3.47. The molecule has 0 unspecified atom stereocenters. The van der Waals surface area contributed by atoms with E-state index in [-0.39, 0.29) is 18.0 Å². The van der Waals surface area contributed by atoms with Crippen molar-refractivity contribution >= 4 is 27.4 Å². The van der Waals surface area contributed by atoms with Crippen LogP contribution >= 0.6 is 0 Å². The van der Waals surface area contributed by atoms with Gasteiger partial charge in [-0.15, -0.1) is 0 Å². The van der Waals surface area contributed by atoms with Crippen molar-refractivity contribution in [2.24, 2.45) is 0 Å². The van der Waals surface area contributed by atoms with Crippen molar-refractivity contribution in [3.05, 3.63) is 95.1 Å². The maximum Gasteiger partial charge on any atom is 0.319 e. The largest absolute Gasteiger partial charge is 0.334 e. The van der Waals surface area contributed by atoms with Gasteiger partial charge in [0.2, 0.25) is 10.0 Å². The Kier molecular flexibility index (Phi) is 7.64. The zero-order valence-electron chi connectivity index (χ0n) is 19.8. The topological polar surface area (TPSA) is 87.3 Å². The summed E-state index contributed by atoms with van der Waals surface area (Å²) in [4.78, 5) is 12.4.